The lowest BCUT2D eigenvalue weighted by molar-refractivity contribution is -0.114. The summed E-state index contributed by atoms with van der Waals surface area (Å²) >= 11 is 0. The van der Waals surface area contributed by atoms with Gasteiger partial charge in [0.15, 0.2) is 0 Å². The quantitative estimate of drug-likeness (QED) is 0.772. The molecule has 1 N–H and O–H groups in total. The van der Waals surface area contributed by atoms with Crippen LogP contribution in [-0.4, -0.2) is 65.4 Å². The number of nitrogens with one attached hydrogen (secondary N) is 1. The number of sulfonamides is 1. The van der Waals surface area contributed by atoms with Crippen molar-refractivity contribution in [3.05, 3.63) is 41.2 Å². The molecule has 30 heavy (non-hydrogen) atoms. The Morgan fingerprint density at radius 3 is 2.17 bits per heavy atom. The highest BCUT2D eigenvalue weighted by atomic mass is 32.2. The number of hydrogen-bond acceptors (Lipinski definition) is 5. The van der Waals surface area contributed by atoms with Crippen LogP contribution in [0.1, 0.15) is 35.6 Å². The third kappa shape index (κ3) is 4.24. The SMILES string of the molecule is CCn1nc(C)c(S(=O)(=O)N2CCN(C(=O)c3ccc(NC(C)=O)cc3)CC2)c1C. The zero-order valence-electron chi connectivity index (χ0n) is 17.7. The Labute approximate surface area is 176 Å². The number of piperazine rings is 1. The predicted molar refractivity (Wildman–Crippen MR) is 113 cm³/mol. The molecule has 2 heterocycles. The maximum atomic E-state index is 13.2. The van der Waals surface area contributed by atoms with Gasteiger partial charge in [-0.05, 0) is 45.0 Å². The molecule has 0 saturated carbocycles. The zero-order chi connectivity index (χ0) is 22.1. The first-order valence-corrected chi connectivity index (χ1v) is 11.3. The highest BCUT2D eigenvalue weighted by molar-refractivity contribution is 7.89. The van der Waals surface area contributed by atoms with Crippen molar-refractivity contribution >= 4 is 27.5 Å². The Morgan fingerprint density at radius 1 is 1.07 bits per heavy atom. The van der Waals surface area contributed by atoms with Crippen molar-refractivity contribution in [1.29, 1.82) is 0 Å². The Hall–Kier alpha value is -2.72. The van der Waals surface area contributed by atoms with E-state index in [9.17, 15) is 18.0 Å². The summed E-state index contributed by atoms with van der Waals surface area (Å²) in [6.45, 7) is 8.49. The van der Waals surface area contributed by atoms with E-state index in [2.05, 4.69) is 10.4 Å². The second-order valence-corrected chi connectivity index (χ2v) is 9.15. The van der Waals surface area contributed by atoms with Crippen molar-refractivity contribution in [2.24, 2.45) is 0 Å². The predicted octanol–water partition coefficient (Wildman–Crippen LogP) is 1.62. The topological polar surface area (TPSA) is 105 Å². The molecule has 1 aromatic heterocycles. The van der Waals surface area contributed by atoms with Crippen LogP contribution in [0, 0.1) is 13.8 Å². The van der Waals surface area contributed by atoms with Gasteiger partial charge in [0.1, 0.15) is 4.90 Å². The van der Waals surface area contributed by atoms with E-state index in [4.69, 9.17) is 0 Å². The fourth-order valence-electron chi connectivity index (χ4n) is 3.70. The maximum Gasteiger partial charge on any atom is 0.253 e. The lowest BCUT2D eigenvalue weighted by Crippen LogP contribution is -2.50. The fourth-order valence-corrected chi connectivity index (χ4v) is 5.50. The number of anilines is 1. The number of rotatable bonds is 5. The monoisotopic (exact) mass is 433 g/mol. The summed E-state index contributed by atoms with van der Waals surface area (Å²) in [6, 6.07) is 6.66. The average molecular weight is 434 g/mol. The minimum atomic E-state index is -3.67. The minimum absolute atomic E-state index is 0.160. The van der Waals surface area contributed by atoms with Crippen LogP contribution in [0.2, 0.25) is 0 Å². The molecule has 1 aromatic carbocycles. The normalized spacial score (nSPS) is 15.3. The molecule has 0 aliphatic carbocycles. The molecule has 0 atom stereocenters. The second-order valence-electron chi connectivity index (χ2n) is 7.27. The van der Waals surface area contributed by atoms with Crippen LogP contribution in [0.3, 0.4) is 0 Å². The summed E-state index contributed by atoms with van der Waals surface area (Å²) in [7, 11) is -3.67. The van der Waals surface area contributed by atoms with Crippen LogP contribution in [0.5, 0.6) is 0 Å². The van der Waals surface area contributed by atoms with Crippen LogP contribution in [0.4, 0.5) is 5.69 Å². The number of nitrogens with zero attached hydrogens (tertiary/aromatic N) is 4. The van der Waals surface area contributed by atoms with Gasteiger partial charge in [-0.25, -0.2) is 8.42 Å². The number of benzene rings is 1. The maximum absolute atomic E-state index is 13.2. The number of aryl methyl sites for hydroxylation is 2. The van der Waals surface area contributed by atoms with Gasteiger partial charge in [0, 0.05) is 50.9 Å². The van der Waals surface area contributed by atoms with E-state index < -0.39 is 10.0 Å². The number of aromatic nitrogens is 2. The Bertz CT molecular complexity index is 1050. The third-order valence-corrected chi connectivity index (χ3v) is 7.34. The first kappa shape index (κ1) is 22.0. The highest BCUT2D eigenvalue weighted by Gasteiger charge is 2.34. The van der Waals surface area contributed by atoms with Gasteiger partial charge in [0.2, 0.25) is 15.9 Å². The second kappa shape index (κ2) is 8.57. The van der Waals surface area contributed by atoms with E-state index in [1.54, 1.807) is 47.7 Å². The molecule has 1 saturated heterocycles. The molecule has 0 bridgehead atoms. The lowest BCUT2D eigenvalue weighted by Gasteiger charge is -2.34. The summed E-state index contributed by atoms with van der Waals surface area (Å²) in [4.78, 5) is 25.8. The van der Waals surface area contributed by atoms with Crippen LogP contribution in [0.25, 0.3) is 0 Å². The Balaban J connectivity index is 1.69. The van der Waals surface area contributed by atoms with Crippen molar-refractivity contribution in [3.8, 4) is 0 Å². The zero-order valence-corrected chi connectivity index (χ0v) is 18.5. The summed E-state index contributed by atoms with van der Waals surface area (Å²) in [5.41, 5.74) is 2.24. The summed E-state index contributed by atoms with van der Waals surface area (Å²) < 4.78 is 29.4. The van der Waals surface area contributed by atoms with E-state index >= 15 is 0 Å². The fraction of sp³-hybridized carbons (Fsp3) is 0.450. The first-order chi connectivity index (χ1) is 14.1. The van der Waals surface area contributed by atoms with Gasteiger partial charge in [-0.3, -0.25) is 14.3 Å². The van der Waals surface area contributed by atoms with E-state index in [-0.39, 0.29) is 29.8 Å². The van der Waals surface area contributed by atoms with Crippen LogP contribution >= 0.6 is 0 Å². The summed E-state index contributed by atoms with van der Waals surface area (Å²) in [5.74, 6) is -0.339. The highest BCUT2D eigenvalue weighted by Crippen LogP contribution is 2.25. The molecule has 0 radical (unpaired) electrons. The van der Waals surface area contributed by atoms with Gasteiger partial charge in [-0.15, -0.1) is 0 Å². The smallest absolute Gasteiger partial charge is 0.253 e. The molecule has 1 fully saturated rings. The average Bonchev–Trinajstić information content (AvgIpc) is 3.01. The summed E-state index contributed by atoms with van der Waals surface area (Å²) in [6.07, 6.45) is 0. The van der Waals surface area contributed by atoms with Crippen LogP contribution in [0.15, 0.2) is 29.2 Å². The van der Waals surface area contributed by atoms with Gasteiger partial charge >= 0.3 is 0 Å². The Morgan fingerprint density at radius 2 is 1.67 bits per heavy atom. The molecule has 0 unspecified atom stereocenters. The Kier molecular flexibility index (Phi) is 6.27. The number of amides is 2. The van der Waals surface area contributed by atoms with Gasteiger partial charge < -0.3 is 10.2 Å². The molecule has 2 aromatic rings. The van der Waals surface area contributed by atoms with E-state index in [1.165, 1.54) is 11.2 Å². The van der Waals surface area contributed by atoms with Crippen molar-refractivity contribution in [2.45, 2.75) is 39.1 Å². The van der Waals surface area contributed by atoms with Crippen molar-refractivity contribution in [3.63, 3.8) is 0 Å². The number of carbonyl (C=O) groups is 2. The lowest BCUT2D eigenvalue weighted by atomic mass is 10.1. The number of carbonyl (C=O) groups excluding carboxylic acids is 2. The third-order valence-electron chi connectivity index (χ3n) is 5.19. The molecule has 10 heteroatoms. The van der Waals surface area contributed by atoms with Gasteiger partial charge in [-0.2, -0.15) is 9.40 Å². The van der Waals surface area contributed by atoms with Crippen LogP contribution < -0.4 is 5.32 Å². The molecule has 1 aliphatic heterocycles. The van der Waals surface area contributed by atoms with E-state index in [0.29, 0.717) is 42.3 Å². The van der Waals surface area contributed by atoms with Gasteiger partial charge in [0.25, 0.3) is 5.91 Å². The van der Waals surface area contributed by atoms with E-state index in [0.717, 1.165) is 0 Å². The first-order valence-electron chi connectivity index (χ1n) is 9.86. The standard InChI is InChI=1S/C20H27N5O4S/c1-5-25-15(3)19(14(2)22-25)30(28,29)24-12-10-23(11-13-24)20(27)17-6-8-18(9-7-17)21-16(4)26/h6-9H,5,10-13H2,1-4H3,(H,21,26). The summed E-state index contributed by atoms with van der Waals surface area (Å²) in [5, 5.41) is 6.98. The molecule has 0 spiro atoms. The van der Waals surface area contributed by atoms with E-state index in [1.807, 2.05) is 6.92 Å². The minimum Gasteiger partial charge on any atom is -0.336 e. The van der Waals surface area contributed by atoms with Crippen molar-refractivity contribution < 1.29 is 18.0 Å². The van der Waals surface area contributed by atoms with Crippen molar-refractivity contribution in [1.82, 2.24) is 19.0 Å². The van der Waals surface area contributed by atoms with Gasteiger partial charge in [0.05, 0.1) is 11.4 Å². The molecule has 3 rings (SSSR count). The molecule has 1 aliphatic rings. The molecule has 2 amide bonds. The molecule has 9 nitrogen and oxygen atoms in total. The molecule has 162 valence electrons. The van der Waals surface area contributed by atoms with Crippen LogP contribution in [-0.2, 0) is 21.4 Å². The van der Waals surface area contributed by atoms with Gasteiger partial charge in [-0.1, -0.05) is 0 Å². The van der Waals surface area contributed by atoms with Crippen molar-refractivity contribution in [2.75, 3.05) is 31.5 Å². The largest absolute Gasteiger partial charge is 0.336 e. The number of hydrogen-bond donors (Lipinski definition) is 1. The molecular weight excluding hydrogens is 406 g/mol. The molecular formula is C20H27N5O4S.